The third-order valence-electron chi connectivity index (χ3n) is 2.94. The number of nitrogens with zero attached hydrogens (tertiary/aromatic N) is 1. The molecule has 0 unspecified atom stereocenters. The minimum Gasteiger partial charge on any atom is -0.396 e. The lowest BCUT2D eigenvalue weighted by atomic mass is 10.1. The van der Waals surface area contributed by atoms with Crippen LogP contribution in [0.4, 0.5) is 18.9 Å². The van der Waals surface area contributed by atoms with E-state index in [2.05, 4.69) is 0 Å². The van der Waals surface area contributed by atoms with Crippen molar-refractivity contribution in [2.45, 2.75) is 26.1 Å². The van der Waals surface area contributed by atoms with Gasteiger partial charge in [-0.1, -0.05) is 0 Å². The molecule has 3 nitrogen and oxygen atoms in total. The van der Waals surface area contributed by atoms with Crippen molar-refractivity contribution in [1.29, 1.82) is 0 Å². The lowest BCUT2D eigenvalue weighted by Crippen LogP contribution is -2.26. The number of alkyl halides is 3. The molecule has 0 heterocycles. The van der Waals surface area contributed by atoms with Crippen LogP contribution in [0.15, 0.2) is 18.2 Å². The average molecular weight is 276 g/mol. The van der Waals surface area contributed by atoms with Crippen molar-refractivity contribution >= 4 is 5.69 Å². The maximum atomic E-state index is 12.6. The fraction of sp³-hybridized carbons (Fsp3) is 0.538. The summed E-state index contributed by atoms with van der Waals surface area (Å²) in [5, 5.41) is 8.83. The van der Waals surface area contributed by atoms with Crippen LogP contribution in [0.5, 0.6) is 0 Å². The Morgan fingerprint density at radius 2 is 2.00 bits per heavy atom. The second kappa shape index (κ2) is 6.77. The van der Waals surface area contributed by atoms with Gasteiger partial charge in [-0.3, -0.25) is 0 Å². The summed E-state index contributed by atoms with van der Waals surface area (Å²) in [6.07, 6.45) is -3.79. The predicted molar refractivity (Wildman–Crippen MR) is 68.9 cm³/mol. The van der Waals surface area contributed by atoms with E-state index < -0.39 is 11.7 Å². The first kappa shape index (κ1) is 15.8. The molecule has 0 saturated carbocycles. The van der Waals surface area contributed by atoms with E-state index >= 15 is 0 Å². The summed E-state index contributed by atoms with van der Waals surface area (Å²) in [6.45, 7) is 3.25. The maximum absolute atomic E-state index is 12.6. The van der Waals surface area contributed by atoms with E-state index in [1.54, 1.807) is 0 Å². The van der Waals surface area contributed by atoms with Gasteiger partial charge in [-0.05, 0) is 37.1 Å². The molecule has 1 aromatic carbocycles. The van der Waals surface area contributed by atoms with E-state index in [-0.39, 0.29) is 13.2 Å². The van der Waals surface area contributed by atoms with Gasteiger partial charge in [0.15, 0.2) is 0 Å². The lowest BCUT2D eigenvalue weighted by molar-refractivity contribution is -0.137. The summed E-state index contributed by atoms with van der Waals surface area (Å²) in [7, 11) is 0. The topological polar surface area (TPSA) is 49.5 Å². The van der Waals surface area contributed by atoms with Gasteiger partial charge in [0, 0.05) is 31.9 Å². The largest absolute Gasteiger partial charge is 0.416 e. The molecule has 108 valence electrons. The summed E-state index contributed by atoms with van der Waals surface area (Å²) in [5.41, 5.74) is 6.02. The van der Waals surface area contributed by atoms with Gasteiger partial charge in [-0.2, -0.15) is 13.2 Å². The third kappa shape index (κ3) is 4.11. The zero-order chi connectivity index (χ0) is 14.5. The molecule has 0 spiro atoms. The van der Waals surface area contributed by atoms with Crippen LogP contribution >= 0.6 is 0 Å². The molecule has 0 aliphatic heterocycles. The highest BCUT2D eigenvalue weighted by molar-refractivity contribution is 5.55. The number of anilines is 1. The molecular formula is C13H19F3N2O. The van der Waals surface area contributed by atoms with E-state index in [0.29, 0.717) is 30.8 Å². The molecule has 19 heavy (non-hydrogen) atoms. The van der Waals surface area contributed by atoms with Gasteiger partial charge in [-0.25, -0.2) is 0 Å². The zero-order valence-electron chi connectivity index (χ0n) is 10.9. The van der Waals surface area contributed by atoms with Crippen LogP contribution in [0.3, 0.4) is 0 Å². The van der Waals surface area contributed by atoms with Crippen LogP contribution in [-0.4, -0.2) is 24.8 Å². The Kier molecular flexibility index (Phi) is 5.62. The second-order valence-corrected chi connectivity index (χ2v) is 4.20. The number of nitrogens with two attached hydrogens (primary N) is 1. The summed E-state index contributed by atoms with van der Waals surface area (Å²) >= 11 is 0. The normalized spacial score (nSPS) is 11.7. The van der Waals surface area contributed by atoms with E-state index in [0.717, 1.165) is 12.1 Å². The SMILES string of the molecule is CCN(CCCO)c1ccc(C(F)(F)F)cc1CN. The highest BCUT2D eigenvalue weighted by atomic mass is 19.4. The highest BCUT2D eigenvalue weighted by Gasteiger charge is 2.31. The molecule has 0 amide bonds. The van der Waals surface area contributed by atoms with E-state index in [1.807, 2.05) is 11.8 Å². The maximum Gasteiger partial charge on any atom is 0.416 e. The second-order valence-electron chi connectivity index (χ2n) is 4.20. The van der Waals surface area contributed by atoms with Crippen LogP contribution in [0.1, 0.15) is 24.5 Å². The number of aliphatic hydroxyl groups is 1. The Bertz CT molecular complexity index is 407. The summed E-state index contributed by atoms with van der Waals surface area (Å²) in [5.74, 6) is 0. The van der Waals surface area contributed by atoms with Crippen molar-refractivity contribution < 1.29 is 18.3 Å². The fourth-order valence-corrected chi connectivity index (χ4v) is 1.94. The first-order valence-corrected chi connectivity index (χ1v) is 6.20. The van der Waals surface area contributed by atoms with E-state index in [1.165, 1.54) is 6.07 Å². The van der Waals surface area contributed by atoms with Crippen LogP contribution in [0.25, 0.3) is 0 Å². The molecule has 0 atom stereocenters. The number of hydrogen-bond donors (Lipinski definition) is 2. The third-order valence-corrected chi connectivity index (χ3v) is 2.94. The monoisotopic (exact) mass is 276 g/mol. The quantitative estimate of drug-likeness (QED) is 0.838. The van der Waals surface area contributed by atoms with Crippen molar-refractivity contribution in [3.05, 3.63) is 29.3 Å². The smallest absolute Gasteiger partial charge is 0.396 e. The molecule has 1 rings (SSSR count). The summed E-state index contributed by atoms with van der Waals surface area (Å²) in [4.78, 5) is 1.92. The van der Waals surface area contributed by atoms with E-state index in [9.17, 15) is 13.2 Å². The Balaban J connectivity index is 3.07. The summed E-state index contributed by atoms with van der Waals surface area (Å²) < 4.78 is 37.9. The van der Waals surface area contributed by atoms with Gasteiger partial charge in [0.2, 0.25) is 0 Å². The average Bonchev–Trinajstić information content (AvgIpc) is 2.38. The van der Waals surface area contributed by atoms with E-state index in [4.69, 9.17) is 10.8 Å². The van der Waals surface area contributed by atoms with Gasteiger partial charge in [0.05, 0.1) is 5.56 Å². The van der Waals surface area contributed by atoms with Crippen LogP contribution in [0.2, 0.25) is 0 Å². The van der Waals surface area contributed by atoms with Crippen LogP contribution < -0.4 is 10.6 Å². The van der Waals surface area contributed by atoms with Gasteiger partial charge < -0.3 is 15.7 Å². The van der Waals surface area contributed by atoms with Crippen molar-refractivity contribution in [3.63, 3.8) is 0 Å². The molecular weight excluding hydrogens is 257 g/mol. The van der Waals surface area contributed by atoms with Crippen molar-refractivity contribution in [2.75, 3.05) is 24.6 Å². The van der Waals surface area contributed by atoms with Crippen molar-refractivity contribution in [1.82, 2.24) is 0 Å². The molecule has 0 fully saturated rings. The van der Waals surface area contributed by atoms with Gasteiger partial charge in [-0.15, -0.1) is 0 Å². The Morgan fingerprint density at radius 1 is 1.32 bits per heavy atom. The molecule has 3 N–H and O–H groups in total. The first-order chi connectivity index (χ1) is 8.93. The van der Waals surface area contributed by atoms with Crippen molar-refractivity contribution in [3.8, 4) is 0 Å². The molecule has 0 aliphatic rings. The Morgan fingerprint density at radius 3 is 2.47 bits per heavy atom. The number of hydrogen-bond acceptors (Lipinski definition) is 3. The molecule has 0 bridgehead atoms. The van der Waals surface area contributed by atoms with Crippen LogP contribution in [-0.2, 0) is 12.7 Å². The van der Waals surface area contributed by atoms with Gasteiger partial charge in [0.1, 0.15) is 0 Å². The molecule has 0 saturated heterocycles. The molecule has 0 aliphatic carbocycles. The Labute approximate surface area is 110 Å². The number of halogens is 3. The number of aliphatic hydroxyl groups excluding tert-OH is 1. The first-order valence-electron chi connectivity index (χ1n) is 6.20. The zero-order valence-corrected chi connectivity index (χ0v) is 10.9. The van der Waals surface area contributed by atoms with Crippen LogP contribution in [0, 0.1) is 0 Å². The summed E-state index contributed by atoms with van der Waals surface area (Å²) in [6, 6.07) is 3.61. The van der Waals surface area contributed by atoms with Gasteiger partial charge in [0.25, 0.3) is 0 Å². The molecule has 0 radical (unpaired) electrons. The fourth-order valence-electron chi connectivity index (χ4n) is 1.94. The number of rotatable bonds is 6. The highest BCUT2D eigenvalue weighted by Crippen LogP contribution is 2.32. The molecule has 6 heteroatoms. The minimum atomic E-state index is -4.36. The number of benzene rings is 1. The predicted octanol–water partition coefficient (Wildman–Crippen LogP) is 2.37. The van der Waals surface area contributed by atoms with Gasteiger partial charge >= 0.3 is 6.18 Å². The standard InChI is InChI=1S/C13H19F3N2O/c1-2-18(6-3-7-19)12-5-4-11(13(14,15)16)8-10(12)9-17/h4-5,8,19H,2-3,6-7,9,17H2,1H3. The molecule has 1 aromatic rings. The van der Waals surface area contributed by atoms with Crippen molar-refractivity contribution in [2.24, 2.45) is 5.73 Å². The molecule has 0 aromatic heterocycles. The lowest BCUT2D eigenvalue weighted by Gasteiger charge is -2.26. The Hall–Kier alpha value is -1.27. The minimum absolute atomic E-state index is 0.0505.